The predicted molar refractivity (Wildman–Crippen MR) is 80.2 cm³/mol. The summed E-state index contributed by atoms with van der Waals surface area (Å²) in [5, 5.41) is 13.6. The quantitative estimate of drug-likeness (QED) is 0.702. The summed E-state index contributed by atoms with van der Waals surface area (Å²) in [5.41, 5.74) is -0.453. The van der Waals surface area contributed by atoms with E-state index in [0.29, 0.717) is 5.03 Å². The highest BCUT2D eigenvalue weighted by Crippen LogP contribution is 2.42. The zero-order chi connectivity index (χ0) is 16.7. The Bertz CT molecular complexity index is 755. The van der Waals surface area contributed by atoms with Crippen LogP contribution >= 0.6 is 35.0 Å². The number of hydrogen-bond acceptors (Lipinski definition) is 3. The summed E-state index contributed by atoms with van der Waals surface area (Å²) < 4.78 is 39.7. The molecular formula is C13H8Cl2F3N3S. The van der Waals surface area contributed by atoms with E-state index >= 15 is 0 Å². The number of aryl methyl sites for hydroxylation is 1. The monoisotopic (exact) mass is 365 g/mol. The number of hydrogen-bond donors (Lipinski definition) is 0. The molecule has 0 unspecified atom stereocenters. The molecule has 0 saturated heterocycles. The minimum absolute atomic E-state index is 0.115. The minimum atomic E-state index is -4.56. The molecule has 0 spiro atoms. The highest BCUT2D eigenvalue weighted by molar-refractivity contribution is 7.98. The highest BCUT2D eigenvalue weighted by atomic mass is 35.5. The van der Waals surface area contributed by atoms with E-state index < -0.39 is 11.7 Å². The molecule has 0 aliphatic rings. The van der Waals surface area contributed by atoms with Crippen molar-refractivity contribution in [1.29, 1.82) is 5.26 Å². The molecule has 22 heavy (non-hydrogen) atoms. The van der Waals surface area contributed by atoms with Gasteiger partial charge in [-0.3, -0.25) is 4.68 Å². The van der Waals surface area contributed by atoms with Gasteiger partial charge < -0.3 is 0 Å². The van der Waals surface area contributed by atoms with Gasteiger partial charge in [-0.05, 0) is 18.4 Å². The molecule has 2 aromatic rings. The van der Waals surface area contributed by atoms with Gasteiger partial charge in [0.05, 0.1) is 15.6 Å². The number of nitriles is 1. The van der Waals surface area contributed by atoms with E-state index in [1.807, 2.05) is 6.07 Å². The molecule has 2 rings (SSSR count). The van der Waals surface area contributed by atoms with Crippen LogP contribution in [-0.4, -0.2) is 16.0 Å². The van der Waals surface area contributed by atoms with Gasteiger partial charge in [0.15, 0.2) is 0 Å². The maximum absolute atomic E-state index is 12.8. The molecule has 0 bridgehead atoms. The average Bonchev–Trinajstić information content (AvgIpc) is 2.72. The Kier molecular flexibility index (Phi) is 4.66. The van der Waals surface area contributed by atoms with Gasteiger partial charge in [-0.25, -0.2) is 0 Å². The Hall–Kier alpha value is -1.36. The Labute approximate surface area is 138 Å². The first-order chi connectivity index (χ1) is 10.2. The second-order valence-corrected chi connectivity index (χ2v) is 5.89. The number of nitrogens with zero attached hydrogens (tertiary/aromatic N) is 3. The largest absolute Gasteiger partial charge is 0.416 e. The molecule has 0 amide bonds. The van der Waals surface area contributed by atoms with Crippen molar-refractivity contribution in [3.63, 3.8) is 0 Å². The van der Waals surface area contributed by atoms with Crippen molar-refractivity contribution >= 4 is 35.0 Å². The van der Waals surface area contributed by atoms with Crippen LogP contribution in [-0.2, 0) is 13.2 Å². The molecule has 9 heteroatoms. The third-order valence-corrected chi connectivity index (χ3v) is 4.36. The van der Waals surface area contributed by atoms with Crippen LogP contribution in [0, 0.1) is 11.3 Å². The first kappa shape index (κ1) is 17.0. The molecule has 1 aromatic carbocycles. The first-order valence-corrected chi connectivity index (χ1v) is 7.76. The lowest BCUT2D eigenvalue weighted by molar-refractivity contribution is -0.137. The lowest BCUT2D eigenvalue weighted by Crippen LogP contribution is -2.05. The third kappa shape index (κ3) is 2.91. The smallest absolute Gasteiger partial charge is 0.260 e. The maximum Gasteiger partial charge on any atom is 0.416 e. The molecule has 0 saturated carbocycles. The van der Waals surface area contributed by atoms with Gasteiger partial charge in [-0.15, -0.1) is 11.8 Å². The molecule has 0 fully saturated rings. The number of halogens is 5. The molecule has 0 aliphatic heterocycles. The van der Waals surface area contributed by atoms with Crippen LogP contribution in [0.1, 0.15) is 11.1 Å². The molecule has 0 N–H and O–H groups in total. The van der Waals surface area contributed by atoms with Crippen LogP contribution in [0.5, 0.6) is 0 Å². The van der Waals surface area contributed by atoms with Crippen LogP contribution in [0.2, 0.25) is 10.0 Å². The SMILES string of the molecule is CSc1c(C#N)c(-c2c(Cl)cc(C(F)(F)F)cc2Cl)nn1C. The van der Waals surface area contributed by atoms with Gasteiger partial charge in [0, 0.05) is 12.6 Å². The summed E-state index contributed by atoms with van der Waals surface area (Å²) >= 11 is 13.2. The molecule has 0 aliphatic carbocycles. The van der Waals surface area contributed by atoms with Crippen LogP contribution in [0.15, 0.2) is 17.2 Å². The number of rotatable bonds is 2. The molecule has 0 radical (unpaired) electrons. The molecule has 1 aromatic heterocycles. The lowest BCUT2D eigenvalue weighted by atomic mass is 10.1. The molecule has 3 nitrogen and oxygen atoms in total. The molecule has 1 heterocycles. The number of thioether (sulfide) groups is 1. The van der Waals surface area contributed by atoms with Crippen molar-refractivity contribution in [3.8, 4) is 17.3 Å². The van der Waals surface area contributed by atoms with E-state index in [1.165, 1.54) is 16.4 Å². The van der Waals surface area contributed by atoms with Crippen molar-refractivity contribution in [2.45, 2.75) is 11.2 Å². The van der Waals surface area contributed by atoms with E-state index in [1.54, 1.807) is 13.3 Å². The topological polar surface area (TPSA) is 41.6 Å². The van der Waals surface area contributed by atoms with Gasteiger partial charge in [0.25, 0.3) is 0 Å². The first-order valence-electron chi connectivity index (χ1n) is 5.78. The summed E-state index contributed by atoms with van der Waals surface area (Å²) in [6.07, 6.45) is -2.80. The van der Waals surface area contributed by atoms with Crippen molar-refractivity contribution in [3.05, 3.63) is 33.3 Å². The van der Waals surface area contributed by atoms with E-state index in [9.17, 15) is 18.4 Å². The van der Waals surface area contributed by atoms with Gasteiger partial charge in [-0.2, -0.15) is 23.5 Å². The van der Waals surface area contributed by atoms with Gasteiger partial charge in [0.2, 0.25) is 0 Å². The summed E-state index contributed by atoms with van der Waals surface area (Å²) in [6, 6.07) is 3.54. The summed E-state index contributed by atoms with van der Waals surface area (Å²) in [4.78, 5) is 0. The second-order valence-electron chi connectivity index (χ2n) is 4.28. The zero-order valence-corrected chi connectivity index (χ0v) is 13.6. The van der Waals surface area contributed by atoms with Crippen LogP contribution < -0.4 is 0 Å². The van der Waals surface area contributed by atoms with Crippen LogP contribution in [0.3, 0.4) is 0 Å². The van der Waals surface area contributed by atoms with Crippen molar-refractivity contribution in [1.82, 2.24) is 9.78 Å². The van der Waals surface area contributed by atoms with E-state index in [4.69, 9.17) is 23.2 Å². The fraction of sp³-hybridized carbons (Fsp3) is 0.231. The summed E-state index contributed by atoms with van der Waals surface area (Å²) in [6.45, 7) is 0. The van der Waals surface area contributed by atoms with Crippen LogP contribution in [0.4, 0.5) is 13.2 Å². The van der Waals surface area contributed by atoms with Gasteiger partial charge >= 0.3 is 6.18 Å². The number of aromatic nitrogens is 2. The summed E-state index contributed by atoms with van der Waals surface area (Å²) in [7, 11) is 1.63. The van der Waals surface area contributed by atoms with E-state index in [2.05, 4.69) is 5.10 Å². The predicted octanol–water partition coefficient (Wildman–Crippen LogP) is 5.01. The fourth-order valence-corrected chi connectivity index (χ4v) is 3.30. The van der Waals surface area contributed by atoms with Crippen LogP contribution in [0.25, 0.3) is 11.3 Å². The Morgan fingerprint density at radius 1 is 1.27 bits per heavy atom. The average molecular weight is 366 g/mol. The molecule has 0 atom stereocenters. The Morgan fingerprint density at radius 2 is 1.82 bits per heavy atom. The van der Waals surface area contributed by atoms with E-state index in [-0.39, 0.29) is 26.9 Å². The highest BCUT2D eigenvalue weighted by Gasteiger charge is 2.33. The van der Waals surface area contributed by atoms with E-state index in [0.717, 1.165) is 12.1 Å². The van der Waals surface area contributed by atoms with Crippen molar-refractivity contribution in [2.75, 3.05) is 6.26 Å². The maximum atomic E-state index is 12.8. The second kappa shape index (κ2) is 6.03. The van der Waals surface area contributed by atoms with Gasteiger partial charge in [0.1, 0.15) is 22.4 Å². The number of benzene rings is 1. The standard InChI is InChI=1S/C13H8Cl2F3N3S/c1-21-12(22-2)7(5-19)11(20-21)10-8(14)3-6(4-9(10)15)13(16,17)18/h3-4H,1-2H3. The van der Waals surface area contributed by atoms with Crippen molar-refractivity contribution < 1.29 is 13.2 Å². The Balaban J connectivity index is 2.73. The molecule has 116 valence electrons. The minimum Gasteiger partial charge on any atom is -0.260 e. The molecular weight excluding hydrogens is 358 g/mol. The normalized spacial score (nSPS) is 11.5. The lowest BCUT2D eigenvalue weighted by Gasteiger charge is -2.11. The van der Waals surface area contributed by atoms with Gasteiger partial charge in [-0.1, -0.05) is 23.2 Å². The number of alkyl halides is 3. The third-order valence-electron chi connectivity index (χ3n) is 2.91. The zero-order valence-electron chi connectivity index (χ0n) is 11.3. The Morgan fingerprint density at radius 3 is 2.23 bits per heavy atom. The fourth-order valence-electron chi connectivity index (χ4n) is 1.98. The summed E-state index contributed by atoms with van der Waals surface area (Å²) in [5.74, 6) is 0. The van der Waals surface area contributed by atoms with Crippen molar-refractivity contribution in [2.24, 2.45) is 7.05 Å².